The van der Waals surface area contributed by atoms with Gasteiger partial charge in [0.2, 0.25) is 0 Å². The van der Waals surface area contributed by atoms with Crippen molar-refractivity contribution in [2.24, 2.45) is 0 Å². The van der Waals surface area contributed by atoms with E-state index in [0.29, 0.717) is 6.54 Å². The van der Waals surface area contributed by atoms with Crippen LogP contribution >= 0.6 is 0 Å². The van der Waals surface area contributed by atoms with Gasteiger partial charge in [0.1, 0.15) is 0 Å². The number of aliphatic carboxylic acids is 1. The largest absolute Gasteiger partial charge is 0.481 e. The number of pyridine rings is 1. The zero-order chi connectivity index (χ0) is 17.4. The fraction of sp³-hybridized carbons (Fsp3) is 0.684. The lowest BCUT2D eigenvalue weighted by Gasteiger charge is -2.51. The average molecular weight is 332 g/mol. The first-order chi connectivity index (χ1) is 11.3. The predicted molar refractivity (Wildman–Crippen MR) is 91.9 cm³/mol. The molecule has 1 unspecified atom stereocenters. The summed E-state index contributed by atoms with van der Waals surface area (Å²) in [4.78, 5) is 17.9. The van der Waals surface area contributed by atoms with Crippen LogP contribution in [0.5, 0.6) is 0 Å². The van der Waals surface area contributed by atoms with E-state index in [1.807, 2.05) is 6.20 Å². The number of carboxylic acid groups (broad SMARTS) is 1. The number of carbonyl (C=O) groups is 1. The Bertz CT molecular complexity index is 605. The minimum atomic E-state index is -0.788. The van der Waals surface area contributed by atoms with E-state index in [-0.39, 0.29) is 23.5 Å². The van der Waals surface area contributed by atoms with Crippen molar-refractivity contribution < 1.29 is 14.6 Å². The van der Waals surface area contributed by atoms with E-state index < -0.39 is 5.97 Å². The summed E-state index contributed by atoms with van der Waals surface area (Å²) in [5, 5.41) is 9.12. The highest BCUT2D eigenvalue weighted by Gasteiger charge is 2.45. The number of aromatic nitrogens is 1. The monoisotopic (exact) mass is 332 g/mol. The smallest absolute Gasteiger partial charge is 0.306 e. The van der Waals surface area contributed by atoms with E-state index in [4.69, 9.17) is 9.84 Å². The van der Waals surface area contributed by atoms with Gasteiger partial charge in [0.15, 0.2) is 0 Å². The van der Waals surface area contributed by atoms with Gasteiger partial charge in [0.05, 0.1) is 23.8 Å². The topological polar surface area (TPSA) is 62.7 Å². The highest BCUT2D eigenvalue weighted by Crippen LogP contribution is 2.40. The summed E-state index contributed by atoms with van der Waals surface area (Å²) in [6.07, 6.45) is 4.98. The molecule has 5 heteroatoms. The lowest BCUT2D eigenvalue weighted by atomic mass is 9.78. The molecule has 1 aromatic heterocycles. The van der Waals surface area contributed by atoms with Crippen molar-refractivity contribution in [2.75, 3.05) is 13.1 Å². The molecule has 0 bridgehead atoms. The molecule has 132 valence electrons. The Kier molecular flexibility index (Phi) is 4.67. The van der Waals surface area contributed by atoms with Gasteiger partial charge in [-0.3, -0.25) is 14.7 Å². The van der Waals surface area contributed by atoms with Crippen LogP contribution in [0.25, 0.3) is 0 Å². The third kappa shape index (κ3) is 3.95. The van der Waals surface area contributed by atoms with Crippen LogP contribution in [0.4, 0.5) is 0 Å². The third-order valence-electron chi connectivity index (χ3n) is 5.13. The second-order valence-electron chi connectivity index (χ2n) is 8.33. The van der Waals surface area contributed by atoms with Gasteiger partial charge in [0.25, 0.3) is 0 Å². The number of rotatable bonds is 4. The Morgan fingerprint density at radius 2 is 2.21 bits per heavy atom. The van der Waals surface area contributed by atoms with Gasteiger partial charge >= 0.3 is 5.97 Å². The summed E-state index contributed by atoms with van der Waals surface area (Å²) in [6.45, 7) is 8.90. The van der Waals surface area contributed by atoms with E-state index in [0.717, 1.165) is 31.6 Å². The predicted octanol–water partition coefficient (Wildman–Crippen LogP) is 2.98. The van der Waals surface area contributed by atoms with E-state index >= 15 is 0 Å². The molecule has 1 saturated heterocycles. The minimum absolute atomic E-state index is 0.0771. The van der Waals surface area contributed by atoms with E-state index in [1.54, 1.807) is 0 Å². The Morgan fingerprint density at radius 3 is 2.79 bits per heavy atom. The lowest BCUT2D eigenvalue weighted by Crippen LogP contribution is -2.58. The molecule has 24 heavy (non-hydrogen) atoms. The number of morpholine rings is 1. The van der Waals surface area contributed by atoms with E-state index in [2.05, 4.69) is 42.8 Å². The molecule has 2 heterocycles. The summed E-state index contributed by atoms with van der Waals surface area (Å²) >= 11 is 0. The van der Waals surface area contributed by atoms with Crippen LogP contribution < -0.4 is 0 Å². The number of hydrogen-bond acceptors (Lipinski definition) is 4. The molecule has 1 atom stereocenters. The first-order valence-electron chi connectivity index (χ1n) is 8.83. The summed E-state index contributed by atoms with van der Waals surface area (Å²) in [6, 6.07) is 4.25. The van der Waals surface area contributed by atoms with E-state index in [9.17, 15) is 4.79 Å². The number of ether oxygens (including phenoxy) is 1. The van der Waals surface area contributed by atoms with Crippen molar-refractivity contribution in [2.45, 2.75) is 70.1 Å². The molecule has 5 nitrogen and oxygen atoms in total. The second-order valence-corrected chi connectivity index (χ2v) is 8.33. The maximum Gasteiger partial charge on any atom is 0.306 e. The molecule has 1 N–H and O–H groups in total. The molecule has 1 aliphatic carbocycles. The summed E-state index contributed by atoms with van der Waals surface area (Å²) in [5.74, 6) is -0.788. The van der Waals surface area contributed by atoms with Crippen molar-refractivity contribution in [1.29, 1.82) is 0 Å². The normalized spacial score (nSPS) is 23.9. The van der Waals surface area contributed by atoms with Crippen LogP contribution in [0.2, 0.25) is 0 Å². The van der Waals surface area contributed by atoms with Crippen LogP contribution in [0.1, 0.15) is 57.7 Å². The molecule has 1 aliphatic heterocycles. The van der Waals surface area contributed by atoms with Crippen LogP contribution in [0.15, 0.2) is 18.3 Å². The number of hydrogen-bond donors (Lipinski definition) is 1. The highest BCUT2D eigenvalue weighted by atomic mass is 16.5. The van der Waals surface area contributed by atoms with Crippen molar-refractivity contribution in [3.8, 4) is 0 Å². The molecule has 2 fully saturated rings. The summed E-state index contributed by atoms with van der Waals surface area (Å²) in [5.41, 5.74) is 2.30. The van der Waals surface area contributed by atoms with Gasteiger partial charge in [0, 0.05) is 25.8 Å². The molecule has 0 amide bonds. The zero-order valence-electron chi connectivity index (χ0n) is 14.9. The minimum Gasteiger partial charge on any atom is -0.481 e. The fourth-order valence-corrected chi connectivity index (χ4v) is 3.72. The van der Waals surface area contributed by atoms with Crippen molar-refractivity contribution >= 4 is 5.97 Å². The van der Waals surface area contributed by atoms with Crippen molar-refractivity contribution in [1.82, 2.24) is 9.88 Å². The maximum absolute atomic E-state index is 11.1. The van der Waals surface area contributed by atoms with Gasteiger partial charge in [-0.05, 0) is 42.4 Å². The van der Waals surface area contributed by atoms with Gasteiger partial charge in [-0.15, -0.1) is 0 Å². The van der Waals surface area contributed by atoms with Crippen LogP contribution in [0.3, 0.4) is 0 Å². The summed E-state index contributed by atoms with van der Waals surface area (Å²) in [7, 11) is 0. The van der Waals surface area contributed by atoms with Crippen molar-refractivity contribution in [3.63, 3.8) is 0 Å². The molecular weight excluding hydrogens is 304 g/mol. The standard InChI is InChI=1S/C19H28N2O3/c1-18(2,3)14-5-8-20-15(9-14)11-21-12-16(10-17(22)23)24-19(13-21)6-4-7-19/h5,8-9,16H,4,6-7,10-13H2,1-3H3,(H,22,23). The first kappa shape index (κ1) is 17.4. The van der Waals surface area contributed by atoms with E-state index in [1.165, 1.54) is 12.0 Å². The number of carboxylic acids is 1. The first-order valence-corrected chi connectivity index (χ1v) is 8.83. The average Bonchev–Trinajstić information content (AvgIpc) is 2.44. The molecule has 3 rings (SSSR count). The number of nitrogens with zero attached hydrogens (tertiary/aromatic N) is 2. The van der Waals surface area contributed by atoms with Crippen LogP contribution in [-0.4, -0.2) is 45.8 Å². The fourth-order valence-electron chi connectivity index (χ4n) is 3.72. The van der Waals surface area contributed by atoms with Crippen LogP contribution in [0, 0.1) is 0 Å². The van der Waals surface area contributed by atoms with Gasteiger partial charge in [-0.1, -0.05) is 20.8 Å². The van der Waals surface area contributed by atoms with Gasteiger partial charge < -0.3 is 9.84 Å². The summed E-state index contributed by atoms with van der Waals surface area (Å²) < 4.78 is 6.12. The Balaban J connectivity index is 1.72. The lowest BCUT2D eigenvalue weighted by molar-refractivity contribution is -0.196. The Hall–Kier alpha value is -1.46. The Morgan fingerprint density at radius 1 is 1.46 bits per heavy atom. The molecule has 1 spiro atoms. The molecule has 0 aromatic carbocycles. The second kappa shape index (κ2) is 6.45. The molecule has 0 radical (unpaired) electrons. The maximum atomic E-state index is 11.1. The Labute approximate surface area is 144 Å². The molecule has 1 saturated carbocycles. The quantitative estimate of drug-likeness (QED) is 0.918. The van der Waals surface area contributed by atoms with Gasteiger partial charge in [-0.2, -0.15) is 0 Å². The molecular formula is C19H28N2O3. The van der Waals surface area contributed by atoms with Crippen LogP contribution in [-0.2, 0) is 21.5 Å². The SMILES string of the molecule is CC(C)(C)c1ccnc(CN2CC(CC(=O)O)OC3(CCC3)C2)c1. The molecule has 2 aliphatic rings. The third-order valence-corrected chi connectivity index (χ3v) is 5.13. The van der Waals surface area contributed by atoms with Crippen molar-refractivity contribution in [3.05, 3.63) is 29.6 Å². The van der Waals surface area contributed by atoms with Gasteiger partial charge in [-0.25, -0.2) is 0 Å². The highest BCUT2D eigenvalue weighted by molar-refractivity contribution is 5.67. The zero-order valence-corrected chi connectivity index (χ0v) is 14.9. The molecule has 1 aromatic rings.